The molecule has 1 fully saturated rings. The highest BCUT2D eigenvalue weighted by Gasteiger charge is 2.33. The van der Waals surface area contributed by atoms with Crippen LogP contribution < -0.4 is 5.32 Å². The minimum atomic E-state index is -1.05. The van der Waals surface area contributed by atoms with Crippen molar-refractivity contribution in [3.8, 4) is 0 Å². The van der Waals surface area contributed by atoms with Gasteiger partial charge in [0.25, 0.3) is 0 Å². The minimum Gasteiger partial charge on any atom is -0.480 e. The number of nitrogens with zero attached hydrogens (tertiary/aromatic N) is 1. The number of carboxylic acid groups (broad SMARTS) is 1. The Kier molecular flexibility index (Phi) is 6.42. The summed E-state index contributed by atoms with van der Waals surface area (Å²) in [4.78, 5) is 24.5. The van der Waals surface area contributed by atoms with Gasteiger partial charge in [-0.1, -0.05) is 13.8 Å². The molecule has 0 spiro atoms. The van der Waals surface area contributed by atoms with Crippen molar-refractivity contribution in [1.82, 2.24) is 10.2 Å². The average Bonchev–Trinajstić information content (AvgIpc) is 2.37. The molecule has 0 radical (unpaired) electrons. The summed E-state index contributed by atoms with van der Waals surface area (Å²) in [5.74, 6) is -0.883. The van der Waals surface area contributed by atoms with E-state index in [9.17, 15) is 14.7 Å². The van der Waals surface area contributed by atoms with E-state index in [2.05, 4.69) is 5.32 Å². The molecule has 1 rings (SSSR count). The van der Waals surface area contributed by atoms with Crippen molar-refractivity contribution < 1.29 is 24.5 Å². The molecule has 21 heavy (non-hydrogen) atoms. The Labute approximate surface area is 125 Å². The summed E-state index contributed by atoms with van der Waals surface area (Å²) >= 11 is 0. The zero-order valence-corrected chi connectivity index (χ0v) is 13.0. The number of rotatable bonds is 6. The fourth-order valence-electron chi connectivity index (χ4n) is 2.37. The summed E-state index contributed by atoms with van der Waals surface area (Å²) in [6, 6.07) is -1.40. The van der Waals surface area contributed by atoms with Crippen LogP contribution in [-0.4, -0.2) is 65.6 Å². The fraction of sp³-hybridized carbons (Fsp3) is 0.857. The van der Waals surface area contributed by atoms with Gasteiger partial charge < -0.3 is 25.2 Å². The normalized spacial score (nSPS) is 19.1. The van der Waals surface area contributed by atoms with Crippen molar-refractivity contribution in [3.05, 3.63) is 0 Å². The maximum atomic E-state index is 12.1. The van der Waals surface area contributed by atoms with E-state index in [0.717, 1.165) is 0 Å². The largest absolute Gasteiger partial charge is 0.480 e. The minimum absolute atomic E-state index is 0.163. The number of nitrogens with one attached hydrogen (secondary N) is 1. The molecule has 1 saturated heterocycles. The Morgan fingerprint density at radius 3 is 2.38 bits per heavy atom. The highest BCUT2D eigenvalue weighted by molar-refractivity contribution is 5.82. The molecule has 0 aliphatic carbocycles. The van der Waals surface area contributed by atoms with Crippen LogP contribution in [0.5, 0.6) is 0 Å². The van der Waals surface area contributed by atoms with E-state index in [1.165, 1.54) is 4.90 Å². The van der Waals surface area contributed by atoms with E-state index >= 15 is 0 Å². The first-order valence-electron chi connectivity index (χ1n) is 7.28. The quantitative estimate of drug-likeness (QED) is 0.669. The number of carboxylic acids is 1. The van der Waals surface area contributed by atoms with Gasteiger partial charge in [-0.05, 0) is 12.3 Å². The molecule has 0 saturated carbocycles. The number of hydrogen-bond acceptors (Lipinski definition) is 4. The Balaban J connectivity index is 2.54. The molecule has 1 atom stereocenters. The molecule has 3 N–H and O–H groups in total. The van der Waals surface area contributed by atoms with E-state index in [1.54, 1.807) is 7.05 Å². The van der Waals surface area contributed by atoms with Crippen molar-refractivity contribution in [1.29, 1.82) is 0 Å². The van der Waals surface area contributed by atoms with Crippen LogP contribution in [-0.2, 0) is 9.53 Å². The summed E-state index contributed by atoms with van der Waals surface area (Å²) in [6.07, 6.45) is 1.31. The van der Waals surface area contributed by atoms with Crippen molar-refractivity contribution in [3.63, 3.8) is 0 Å². The van der Waals surface area contributed by atoms with Gasteiger partial charge >= 0.3 is 12.0 Å². The molecule has 0 aromatic heterocycles. The highest BCUT2D eigenvalue weighted by Crippen LogP contribution is 2.21. The lowest BCUT2D eigenvalue weighted by Gasteiger charge is -2.35. The maximum absolute atomic E-state index is 12.1. The van der Waals surface area contributed by atoms with Crippen LogP contribution in [0.3, 0.4) is 0 Å². The van der Waals surface area contributed by atoms with E-state index < -0.39 is 23.6 Å². The summed E-state index contributed by atoms with van der Waals surface area (Å²) in [5, 5.41) is 22.0. The molecule has 7 nitrogen and oxygen atoms in total. The van der Waals surface area contributed by atoms with Crippen molar-refractivity contribution in [2.45, 2.75) is 44.8 Å². The third-order valence-corrected chi connectivity index (χ3v) is 3.60. The number of likely N-dealkylation sites (N-methyl/N-ethyl adjacent to an activating group) is 1. The van der Waals surface area contributed by atoms with Gasteiger partial charge in [-0.3, -0.25) is 0 Å². The lowest BCUT2D eigenvalue weighted by molar-refractivity contribution is -0.139. The molecule has 2 amide bonds. The molecule has 0 aromatic rings. The van der Waals surface area contributed by atoms with Crippen LogP contribution in [0.25, 0.3) is 0 Å². The molecule has 1 heterocycles. The lowest BCUT2D eigenvalue weighted by Crippen LogP contribution is -2.52. The summed E-state index contributed by atoms with van der Waals surface area (Å²) in [6.45, 7) is 4.90. The SMILES string of the molecule is CC(C)C[C@@H](NC(=O)N(C)CC1(O)CCOCC1)C(=O)O. The zero-order chi connectivity index (χ0) is 16.0. The first-order valence-corrected chi connectivity index (χ1v) is 7.28. The Hall–Kier alpha value is -1.34. The second-order valence-electron chi connectivity index (χ2n) is 6.16. The smallest absolute Gasteiger partial charge is 0.326 e. The Bertz CT molecular complexity index is 366. The third kappa shape index (κ3) is 5.89. The van der Waals surface area contributed by atoms with Gasteiger partial charge in [0.05, 0.1) is 12.1 Å². The average molecular weight is 302 g/mol. The van der Waals surface area contributed by atoms with Crippen LogP contribution in [0.15, 0.2) is 0 Å². The number of ether oxygens (including phenoxy) is 1. The first-order chi connectivity index (χ1) is 9.73. The van der Waals surface area contributed by atoms with E-state index in [4.69, 9.17) is 9.84 Å². The molecular formula is C14H26N2O5. The monoisotopic (exact) mass is 302 g/mol. The second kappa shape index (κ2) is 7.61. The van der Waals surface area contributed by atoms with Gasteiger partial charge in [0.15, 0.2) is 0 Å². The van der Waals surface area contributed by atoms with Crippen LogP contribution in [0, 0.1) is 5.92 Å². The van der Waals surface area contributed by atoms with Gasteiger partial charge in [0.1, 0.15) is 6.04 Å². The number of carbonyl (C=O) groups excluding carboxylic acids is 1. The topological polar surface area (TPSA) is 99.1 Å². The molecule has 0 aromatic carbocycles. The summed E-state index contributed by atoms with van der Waals surface area (Å²) in [5.41, 5.74) is -0.957. The number of aliphatic carboxylic acids is 1. The lowest BCUT2D eigenvalue weighted by atomic mass is 9.94. The summed E-state index contributed by atoms with van der Waals surface area (Å²) in [7, 11) is 1.55. The molecule has 7 heteroatoms. The number of amides is 2. The predicted molar refractivity (Wildman–Crippen MR) is 77.0 cm³/mol. The second-order valence-corrected chi connectivity index (χ2v) is 6.16. The van der Waals surface area contributed by atoms with Crippen LogP contribution >= 0.6 is 0 Å². The Morgan fingerprint density at radius 1 is 1.33 bits per heavy atom. The van der Waals surface area contributed by atoms with Gasteiger partial charge in [0, 0.05) is 33.1 Å². The van der Waals surface area contributed by atoms with Gasteiger partial charge in [-0.25, -0.2) is 9.59 Å². The van der Waals surface area contributed by atoms with E-state index in [0.29, 0.717) is 32.5 Å². The molecular weight excluding hydrogens is 276 g/mol. The molecule has 1 aliphatic rings. The molecule has 1 aliphatic heterocycles. The van der Waals surface area contributed by atoms with Gasteiger partial charge in [0.2, 0.25) is 0 Å². The Morgan fingerprint density at radius 2 is 1.90 bits per heavy atom. The number of urea groups is 1. The van der Waals surface area contributed by atoms with Gasteiger partial charge in [-0.15, -0.1) is 0 Å². The highest BCUT2D eigenvalue weighted by atomic mass is 16.5. The van der Waals surface area contributed by atoms with E-state index in [1.807, 2.05) is 13.8 Å². The van der Waals surface area contributed by atoms with Crippen LogP contribution in [0.4, 0.5) is 4.79 Å². The number of carbonyl (C=O) groups is 2. The van der Waals surface area contributed by atoms with Crippen LogP contribution in [0.1, 0.15) is 33.1 Å². The number of hydrogen-bond donors (Lipinski definition) is 3. The maximum Gasteiger partial charge on any atom is 0.326 e. The molecule has 0 bridgehead atoms. The van der Waals surface area contributed by atoms with Crippen molar-refractivity contribution in [2.75, 3.05) is 26.8 Å². The van der Waals surface area contributed by atoms with Gasteiger partial charge in [-0.2, -0.15) is 0 Å². The summed E-state index contributed by atoms with van der Waals surface area (Å²) < 4.78 is 5.19. The van der Waals surface area contributed by atoms with Crippen molar-refractivity contribution in [2.24, 2.45) is 5.92 Å². The van der Waals surface area contributed by atoms with Crippen LogP contribution in [0.2, 0.25) is 0 Å². The number of aliphatic hydroxyl groups is 1. The fourth-order valence-corrected chi connectivity index (χ4v) is 2.37. The van der Waals surface area contributed by atoms with Crippen molar-refractivity contribution >= 4 is 12.0 Å². The first kappa shape index (κ1) is 17.7. The van der Waals surface area contributed by atoms with E-state index in [-0.39, 0.29) is 12.5 Å². The standard InChI is InChI=1S/C14H26N2O5/c1-10(2)8-11(12(17)18)15-13(19)16(3)9-14(20)4-6-21-7-5-14/h10-11,20H,4-9H2,1-3H3,(H,15,19)(H,17,18)/t11-/m1/s1. The molecule has 0 unspecified atom stereocenters. The zero-order valence-electron chi connectivity index (χ0n) is 13.0. The molecule has 122 valence electrons. The third-order valence-electron chi connectivity index (χ3n) is 3.60. The predicted octanol–water partition coefficient (Wildman–Crippen LogP) is 0.669.